The molecule has 0 aromatic carbocycles. The Balaban J connectivity index is 3.31. The van der Waals surface area contributed by atoms with Gasteiger partial charge in [0.15, 0.2) is 9.84 Å². The van der Waals surface area contributed by atoms with E-state index in [-0.39, 0.29) is 9.77 Å². The largest absolute Gasteiger partial charge is 0.477 e. The molecule has 1 N–H and O–H groups in total. The van der Waals surface area contributed by atoms with Crippen LogP contribution in [0.2, 0.25) is 0 Å². The second kappa shape index (κ2) is 4.55. The molecule has 0 fully saturated rings. The molecular formula is C10H14O4S2. The van der Waals surface area contributed by atoms with E-state index in [1.807, 2.05) is 0 Å². The van der Waals surface area contributed by atoms with Crippen LogP contribution in [0.1, 0.15) is 35.5 Å². The maximum absolute atomic E-state index is 12.0. The van der Waals surface area contributed by atoms with Gasteiger partial charge in [-0.05, 0) is 25.8 Å². The van der Waals surface area contributed by atoms with Crippen LogP contribution in [0.25, 0.3) is 0 Å². The van der Waals surface area contributed by atoms with Crippen molar-refractivity contribution in [3.05, 3.63) is 15.8 Å². The van der Waals surface area contributed by atoms with E-state index >= 15 is 0 Å². The Morgan fingerprint density at radius 3 is 2.50 bits per heavy atom. The summed E-state index contributed by atoms with van der Waals surface area (Å²) in [5, 5.41) is 9.79. The van der Waals surface area contributed by atoms with Gasteiger partial charge in [-0.3, -0.25) is 0 Å². The summed E-state index contributed by atoms with van der Waals surface area (Å²) in [4.78, 5) is 11.1. The Morgan fingerprint density at radius 1 is 1.56 bits per heavy atom. The highest BCUT2D eigenvalue weighted by atomic mass is 32.2. The summed E-state index contributed by atoms with van der Waals surface area (Å²) >= 11 is 0.960. The van der Waals surface area contributed by atoms with Crippen molar-refractivity contribution < 1.29 is 18.3 Å². The molecular weight excluding hydrogens is 248 g/mol. The minimum Gasteiger partial charge on any atom is -0.477 e. The monoisotopic (exact) mass is 262 g/mol. The molecule has 16 heavy (non-hydrogen) atoms. The third kappa shape index (κ3) is 2.12. The van der Waals surface area contributed by atoms with Gasteiger partial charge < -0.3 is 5.11 Å². The van der Waals surface area contributed by atoms with Crippen LogP contribution in [0, 0.1) is 6.92 Å². The van der Waals surface area contributed by atoms with Crippen LogP contribution in [0.3, 0.4) is 0 Å². The summed E-state index contributed by atoms with van der Waals surface area (Å²) < 4.78 is 24.1. The molecule has 6 heteroatoms. The number of hydrogen-bond acceptors (Lipinski definition) is 4. The zero-order chi connectivity index (χ0) is 12.5. The number of rotatable bonds is 4. The molecule has 1 heterocycles. The molecule has 0 saturated heterocycles. The summed E-state index contributed by atoms with van der Waals surface area (Å²) in [6.45, 7) is 4.96. The van der Waals surface area contributed by atoms with Crippen molar-refractivity contribution in [1.29, 1.82) is 0 Å². The topological polar surface area (TPSA) is 71.4 Å². The number of aromatic carboxylic acids is 1. The van der Waals surface area contributed by atoms with Crippen LogP contribution in [0.5, 0.6) is 0 Å². The van der Waals surface area contributed by atoms with Crippen LogP contribution in [-0.4, -0.2) is 24.7 Å². The maximum atomic E-state index is 12.0. The Kier molecular flexibility index (Phi) is 3.75. The average Bonchev–Trinajstić information content (AvgIpc) is 2.59. The van der Waals surface area contributed by atoms with Crippen LogP contribution in [-0.2, 0) is 9.84 Å². The van der Waals surface area contributed by atoms with Gasteiger partial charge in [0, 0.05) is 5.38 Å². The summed E-state index contributed by atoms with van der Waals surface area (Å²) in [6, 6.07) is 0. The minimum atomic E-state index is -3.39. The molecule has 1 rings (SSSR count). The molecule has 0 radical (unpaired) electrons. The number of thiophene rings is 1. The lowest BCUT2D eigenvalue weighted by Crippen LogP contribution is -2.17. The second-order valence-electron chi connectivity index (χ2n) is 3.62. The van der Waals surface area contributed by atoms with E-state index in [1.165, 1.54) is 12.3 Å². The lowest BCUT2D eigenvalue weighted by Gasteiger charge is -2.09. The summed E-state index contributed by atoms with van der Waals surface area (Å²) in [5.41, 5.74) is 0.345. The second-order valence-corrected chi connectivity index (χ2v) is 6.84. The fraction of sp³-hybridized carbons (Fsp3) is 0.500. The molecule has 0 aliphatic rings. The highest BCUT2D eigenvalue weighted by molar-refractivity contribution is 7.92. The van der Waals surface area contributed by atoms with Gasteiger partial charge >= 0.3 is 5.97 Å². The molecule has 0 bridgehead atoms. The van der Waals surface area contributed by atoms with Crippen LogP contribution in [0.4, 0.5) is 0 Å². The Morgan fingerprint density at radius 2 is 2.12 bits per heavy atom. The predicted molar refractivity (Wildman–Crippen MR) is 63.0 cm³/mol. The van der Waals surface area contributed by atoms with Gasteiger partial charge in [-0.2, -0.15) is 0 Å². The molecule has 4 nitrogen and oxygen atoms in total. The first kappa shape index (κ1) is 13.2. The average molecular weight is 262 g/mol. The van der Waals surface area contributed by atoms with E-state index < -0.39 is 21.1 Å². The number of carbonyl (C=O) groups is 1. The highest BCUT2D eigenvalue weighted by Gasteiger charge is 2.27. The molecule has 1 aromatic heterocycles. The number of hydrogen-bond donors (Lipinski definition) is 1. The van der Waals surface area contributed by atoms with Gasteiger partial charge in [0.25, 0.3) is 0 Å². The van der Waals surface area contributed by atoms with Gasteiger partial charge in [0.2, 0.25) is 0 Å². The fourth-order valence-corrected chi connectivity index (χ4v) is 4.26. The van der Waals surface area contributed by atoms with E-state index in [9.17, 15) is 13.2 Å². The first-order valence-electron chi connectivity index (χ1n) is 4.87. The van der Waals surface area contributed by atoms with Crippen molar-refractivity contribution in [2.24, 2.45) is 0 Å². The van der Waals surface area contributed by atoms with E-state index in [4.69, 9.17) is 5.11 Å². The molecule has 0 aliphatic carbocycles. The molecule has 0 aliphatic heterocycles. The van der Waals surface area contributed by atoms with Crippen molar-refractivity contribution in [3.63, 3.8) is 0 Å². The van der Waals surface area contributed by atoms with E-state index in [0.29, 0.717) is 12.0 Å². The molecule has 1 aromatic rings. The molecule has 0 spiro atoms. The van der Waals surface area contributed by atoms with E-state index in [2.05, 4.69) is 0 Å². The zero-order valence-electron chi connectivity index (χ0n) is 9.35. The molecule has 0 amide bonds. The van der Waals surface area contributed by atoms with Crippen molar-refractivity contribution in [2.75, 3.05) is 0 Å². The first-order chi connectivity index (χ1) is 7.32. The van der Waals surface area contributed by atoms with Crippen molar-refractivity contribution in [1.82, 2.24) is 0 Å². The standard InChI is InChI=1S/C10H14O4S2/c1-4-6(2)16(13,14)8-5-15-9(7(8)3)10(11)12/h5-6H,4H2,1-3H3,(H,11,12). The van der Waals surface area contributed by atoms with Crippen molar-refractivity contribution in [3.8, 4) is 0 Å². The van der Waals surface area contributed by atoms with Crippen LogP contribution < -0.4 is 0 Å². The zero-order valence-corrected chi connectivity index (χ0v) is 11.0. The van der Waals surface area contributed by atoms with Crippen LogP contribution in [0.15, 0.2) is 10.3 Å². The third-order valence-electron chi connectivity index (χ3n) is 2.60. The number of carboxylic acid groups (broad SMARTS) is 1. The molecule has 1 unspecified atom stereocenters. The van der Waals surface area contributed by atoms with E-state index in [1.54, 1.807) is 13.8 Å². The maximum Gasteiger partial charge on any atom is 0.346 e. The Hall–Kier alpha value is -0.880. The smallest absolute Gasteiger partial charge is 0.346 e. The van der Waals surface area contributed by atoms with Gasteiger partial charge in [-0.25, -0.2) is 13.2 Å². The fourth-order valence-electron chi connectivity index (χ4n) is 1.33. The predicted octanol–water partition coefficient (Wildman–Crippen LogP) is 2.33. The van der Waals surface area contributed by atoms with E-state index in [0.717, 1.165) is 11.3 Å². The minimum absolute atomic E-state index is 0.0990. The quantitative estimate of drug-likeness (QED) is 0.904. The Bertz CT molecular complexity index is 499. The normalized spacial score (nSPS) is 13.7. The molecule has 0 saturated carbocycles. The molecule has 1 atom stereocenters. The summed E-state index contributed by atoms with van der Waals surface area (Å²) in [7, 11) is -3.39. The van der Waals surface area contributed by atoms with Gasteiger partial charge in [-0.1, -0.05) is 6.92 Å². The van der Waals surface area contributed by atoms with Crippen LogP contribution >= 0.6 is 11.3 Å². The lowest BCUT2D eigenvalue weighted by atomic mass is 10.3. The summed E-state index contributed by atoms with van der Waals surface area (Å²) in [5.74, 6) is -1.08. The molecule has 90 valence electrons. The first-order valence-corrected chi connectivity index (χ1v) is 7.30. The van der Waals surface area contributed by atoms with Crippen molar-refractivity contribution >= 4 is 27.1 Å². The lowest BCUT2D eigenvalue weighted by molar-refractivity contribution is 0.0701. The van der Waals surface area contributed by atoms with Gasteiger partial charge in [0.05, 0.1) is 10.1 Å². The summed E-state index contributed by atoms with van der Waals surface area (Å²) in [6.07, 6.45) is 0.514. The SMILES string of the molecule is CCC(C)S(=O)(=O)c1csc(C(=O)O)c1C. The number of sulfone groups is 1. The van der Waals surface area contributed by atoms with Gasteiger partial charge in [-0.15, -0.1) is 11.3 Å². The van der Waals surface area contributed by atoms with Crippen molar-refractivity contribution in [2.45, 2.75) is 37.3 Å². The van der Waals surface area contributed by atoms with Gasteiger partial charge in [0.1, 0.15) is 4.88 Å². The number of carboxylic acids is 1. The Labute approximate surface area is 98.8 Å². The highest BCUT2D eigenvalue weighted by Crippen LogP contribution is 2.29. The third-order valence-corrected chi connectivity index (χ3v) is 6.25.